The summed E-state index contributed by atoms with van der Waals surface area (Å²) in [6.07, 6.45) is 0.495. The van der Waals surface area contributed by atoms with Crippen molar-refractivity contribution in [2.24, 2.45) is 17.6 Å². The minimum absolute atomic E-state index is 0.0825. The first-order chi connectivity index (χ1) is 12.1. The SMILES string of the molecule is C[C@H]1CC(=O)C2=C(C1)O[C@H](N)[C@@H](C#N)[C@@H]2c1ccc2ccccc2c1. The second-order valence-electron chi connectivity index (χ2n) is 7.10. The van der Waals surface area contributed by atoms with E-state index in [4.69, 9.17) is 10.5 Å². The third-order valence-corrected chi connectivity index (χ3v) is 5.25. The van der Waals surface area contributed by atoms with Crippen LogP contribution < -0.4 is 5.73 Å². The van der Waals surface area contributed by atoms with E-state index in [2.05, 4.69) is 18.2 Å². The number of allylic oxidation sites excluding steroid dienone is 2. The highest BCUT2D eigenvalue weighted by Gasteiger charge is 2.44. The highest BCUT2D eigenvalue weighted by molar-refractivity contribution is 5.99. The average Bonchev–Trinajstić information content (AvgIpc) is 2.59. The summed E-state index contributed by atoms with van der Waals surface area (Å²) >= 11 is 0. The molecule has 1 heterocycles. The molecular formula is C21H20N2O2. The Hall–Kier alpha value is -2.64. The van der Waals surface area contributed by atoms with Gasteiger partial charge in [-0.3, -0.25) is 10.5 Å². The van der Waals surface area contributed by atoms with E-state index in [1.54, 1.807) is 0 Å². The Morgan fingerprint density at radius 1 is 1.16 bits per heavy atom. The van der Waals surface area contributed by atoms with E-state index in [1.165, 1.54) is 0 Å². The molecule has 1 aliphatic heterocycles. The summed E-state index contributed by atoms with van der Waals surface area (Å²) in [5.74, 6) is 0.111. The fourth-order valence-electron chi connectivity index (χ4n) is 4.07. The molecule has 4 nitrogen and oxygen atoms in total. The van der Waals surface area contributed by atoms with E-state index in [0.717, 1.165) is 16.3 Å². The lowest BCUT2D eigenvalue weighted by Gasteiger charge is -2.39. The van der Waals surface area contributed by atoms with Crippen molar-refractivity contribution < 1.29 is 9.53 Å². The molecule has 2 aliphatic rings. The van der Waals surface area contributed by atoms with E-state index in [9.17, 15) is 10.1 Å². The Kier molecular flexibility index (Phi) is 3.82. The predicted molar refractivity (Wildman–Crippen MR) is 95.3 cm³/mol. The molecular weight excluding hydrogens is 312 g/mol. The van der Waals surface area contributed by atoms with Crippen molar-refractivity contribution in [1.29, 1.82) is 5.26 Å². The first-order valence-corrected chi connectivity index (χ1v) is 8.65. The Bertz CT molecular complexity index is 925. The number of hydrogen-bond donors (Lipinski definition) is 1. The van der Waals surface area contributed by atoms with Gasteiger partial charge in [-0.1, -0.05) is 49.4 Å². The summed E-state index contributed by atoms with van der Waals surface area (Å²) in [6.45, 7) is 2.04. The summed E-state index contributed by atoms with van der Waals surface area (Å²) < 4.78 is 5.79. The molecule has 0 amide bonds. The summed E-state index contributed by atoms with van der Waals surface area (Å²) in [5, 5.41) is 11.9. The zero-order chi connectivity index (χ0) is 17.6. The van der Waals surface area contributed by atoms with Crippen molar-refractivity contribution in [2.75, 3.05) is 0 Å². The Morgan fingerprint density at radius 3 is 2.68 bits per heavy atom. The van der Waals surface area contributed by atoms with Crippen LogP contribution in [-0.2, 0) is 9.53 Å². The molecule has 0 bridgehead atoms. The summed E-state index contributed by atoms with van der Waals surface area (Å²) in [4.78, 5) is 12.8. The molecule has 0 fully saturated rings. The highest BCUT2D eigenvalue weighted by atomic mass is 16.5. The van der Waals surface area contributed by atoms with Gasteiger partial charge in [0, 0.05) is 24.3 Å². The lowest BCUT2D eigenvalue weighted by Crippen LogP contribution is -2.43. The molecule has 4 rings (SSSR count). The lowest BCUT2D eigenvalue weighted by atomic mass is 9.72. The fourth-order valence-corrected chi connectivity index (χ4v) is 4.07. The topological polar surface area (TPSA) is 76.1 Å². The van der Waals surface area contributed by atoms with Gasteiger partial charge in [0.2, 0.25) is 0 Å². The average molecular weight is 332 g/mol. The van der Waals surface area contributed by atoms with Crippen molar-refractivity contribution in [1.82, 2.24) is 0 Å². The maximum atomic E-state index is 12.8. The van der Waals surface area contributed by atoms with E-state index in [1.807, 2.05) is 37.3 Å². The molecule has 0 saturated carbocycles. The quantitative estimate of drug-likeness (QED) is 0.865. The van der Waals surface area contributed by atoms with Crippen LogP contribution in [0.15, 0.2) is 53.8 Å². The monoisotopic (exact) mass is 332 g/mol. The van der Waals surface area contributed by atoms with E-state index < -0.39 is 12.1 Å². The van der Waals surface area contributed by atoms with Gasteiger partial charge >= 0.3 is 0 Å². The number of hydrogen-bond acceptors (Lipinski definition) is 4. The molecule has 1 aliphatic carbocycles. The fraction of sp³-hybridized carbons (Fsp3) is 0.333. The van der Waals surface area contributed by atoms with Gasteiger partial charge in [-0.25, -0.2) is 0 Å². The molecule has 0 spiro atoms. The first kappa shape index (κ1) is 15.9. The minimum Gasteiger partial charge on any atom is -0.478 e. The lowest BCUT2D eigenvalue weighted by molar-refractivity contribution is -0.118. The molecule has 2 N–H and O–H groups in total. The summed E-state index contributed by atoms with van der Waals surface area (Å²) in [6, 6.07) is 16.5. The molecule has 25 heavy (non-hydrogen) atoms. The summed E-state index contributed by atoms with van der Waals surface area (Å²) in [7, 11) is 0. The number of Topliss-reactive ketones (excluding diaryl/α,β-unsaturated/α-hetero) is 1. The standard InChI is InChI=1S/C21H20N2O2/c1-12-8-17(24)20-18(9-12)25-21(23)16(11-22)19(20)15-7-6-13-4-2-3-5-14(13)10-15/h2-7,10,12,16,19,21H,8-9,23H2,1H3/t12-,16-,19-,21-/m0/s1. The molecule has 0 radical (unpaired) electrons. The molecule has 0 aromatic heterocycles. The van der Waals surface area contributed by atoms with Gasteiger partial charge in [0.05, 0.1) is 6.07 Å². The van der Waals surface area contributed by atoms with Crippen LogP contribution >= 0.6 is 0 Å². The van der Waals surface area contributed by atoms with Crippen LogP contribution in [-0.4, -0.2) is 12.0 Å². The van der Waals surface area contributed by atoms with E-state index in [0.29, 0.717) is 24.2 Å². The van der Waals surface area contributed by atoms with Crippen LogP contribution in [0.25, 0.3) is 10.8 Å². The van der Waals surface area contributed by atoms with Crippen LogP contribution in [0.5, 0.6) is 0 Å². The van der Waals surface area contributed by atoms with Gasteiger partial charge in [-0.05, 0) is 22.3 Å². The maximum absolute atomic E-state index is 12.8. The predicted octanol–water partition coefficient (Wildman–Crippen LogP) is 3.63. The van der Waals surface area contributed by atoms with Crippen LogP contribution in [0.3, 0.4) is 0 Å². The third kappa shape index (κ3) is 2.61. The number of nitrogens with two attached hydrogens (primary N) is 1. The molecule has 4 atom stereocenters. The van der Waals surface area contributed by atoms with Crippen LogP contribution in [0.1, 0.15) is 31.2 Å². The molecule has 126 valence electrons. The van der Waals surface area contributed by atoms with Crippen molar-refractivity contribution in [3.63, 3.8) is 0 Å². The Balaban J connectivity index is 1.89. The number of nitriles is 1. The number of carbonyl (C=O) groups excluding carboxylic acids is 1. The smallest absolute Gasteiger partial charge is 0.164 e. The van der Waals surface area contributed by atoms with E-state index in [-0.39, 0.29) is 17.6 Å². The zero-order valence-electron chi connectivity index (χ0n) is 14.1. The molecule has 0 unspecified atom stereocenters. The molecule has 2 aromatic rings. The van der Waals surface area contributed by atoms with Gasteiger partial charge in [0.15, 0.2) is 12.0 Å². The second-order valence-corrected chi connectivity index (χ2v) is 7.10. The zero-order valence-corrected chi connectivity index (χ0v) is 14.1. The Morgan fingerprint density at radius 2 is 1.92 bits per heavy atom. The van der Waals surface area contributed by atoms with Crippen molar-refractivity contribution >= 4 is 16.6 Å². The first-order valence-electron chi connectivity index (χ1n) is 8.65. The van der Waals surface area contributed by atoms with Crippen LogP contribution in [0.4, 0.5) is 0 Å². The highest BCUT2D eigenvalue weighted by Crippen LogP contribution is 2.45. The van der Waals surface area contributed by atoms with E-state index >= 15 is 0 Å². The number of benzene rings is 2. The number of rotatable bonds is 1. The number of fused-ring (bicyclic) bond motifs is 1. The van der Waals surface area contributed by atoms with Crippen LogP contribution in [0, 0.1) is 23.2 Å². The van der Waals surface area contributed by atoms with Gasteiger partial charge in [0.1, 0.15) is 11.7 Å². The Labute approximate surface area is 146 Å². The van der Waals surface area contributed by atoms with Gasteiger partial charge in [0.25, 0.3) is 0 Å². The molecule has 0 saturated heterocycles. The normalized spacial score (nSPS) is 29.1. The second kappa shape index (κ2) is 6.02. The maximum Gasteiger partial charge on any atom is 0.164 e. The van der Waals surface area contributed by atoms with Crippen molar-refractivity contribution in [3.05, 3.63) is 59.4 Å². The van der Waals surface area contributed by atoms with Gasteiger partial charge in [-0.15, -0.1) is 0 Å². The van der Waals surface area contributed by atoms with Gasteiger partial charge < -0.3 is 4.74 Å². The van der Waals surface area contributed by atoms with Crippen molar-refractivity contribution in [3.8, 4) is 6.07 Å². The molecule has 2 aromatic carbocycles. The third-order valence-electron chi connectivity index (χ3n) is 5.25. The molecule has 4 heteroatoms. The number of carbonyl (C=O) groups is 1. The number of ether oxygens (including phenoxy) is 1. The van der Waals surface area contributed by atoms with Crippen molar-refractivity contribution in [2.45, 2.75) is 31.9 Å². The number of ketones is 1. The minimum atomic E-state index is -0.710. The summed E-state index contributed by atoms with van der Waals surface area (Å²) in [5.41, 5.74) is 7.75. The van der Waals surface area contributed by atoms with Gasteiger partial charge in [-0.2, -0.15) is 5.26 Å². The number of nitrogens with zero attached hydrogens (tertiary/aromatic N) is 1. The largest absolute Gasteiger partial charge is 0.478 e. The van der Waals surface area contributed by atoms with Crippen LogP contribution in [0.2, 0.25) is 0 Å².